The van der Waals surface area contributed by atoms with Crippen LogP contribution >= 0.6 is 15.6 Å². The van der Waals surface area contributed by atoms with Crippen LogP contribution in [0.25, 0.3) is 0 Å². The average Bonchev–Trinajstić information content (AvgIpc) is 0.908. The third-order valence-corrected chi connectivity index (χ3v) is 17.1. The molecule has 5 atom stereocenters. The number of carbonyl (C=O) groups is 4. The van der Waals surface area contributed by atoms with Gasteiger partial charge in [0.05, 0.1) is 26.4 Å². The molecule has 0 spiro atoms. The van der Waals surface area contributed by atoms with Crippen molar-refractivity contribution in [1.29, 1.82) is 0 Å². The first-order valence-electron chi connectivity index (χ1n) is 38.4. The van der Waals surface area contributed by atoms with Crippen LogP contribution in [0.3, 0.4) is 0 Å². The van der Waals surface area contributed by atoms with E-state index in [4.69, 9.17) is 37.0 Å². The minimum absolute atomic E-state index is 0.0283. The normalized spacial score (nSPS) is 14.9. The highest BCUT2D eigenvalue weighted by atomic mass is 31.2. The molecule has 0 amide bonds. The quantitative estimate of drug-likeness (QED) is 0.0169. The second-order valence-corrected chi connectivity index (χ2v) is 27.7. The molecule has 0 aliphatic rings. The van der Waals surface area contributed by atoms with Crippen molar-refractivity contribution in [2.24, 2.45) is 0 Å². The summed E-state index contributed by atoms with van der Waals surface area (Å²) >= 11 is 0. The molecule has 0 radical (unpaired) electrons. The van der Waals surface area contributed by atoms with Gasteiger partial charge in [-0.15, -0.1) is 0 Å². The van der Waals surface area contributed by atoms with Gasteiger partial charge in [-0.2, -0.15) is 0 Å². The van der Waals surface area contributed by atoms with E-state index in [0.717, 1.165) is 161 Å². The Morgan fingerprint density at radius 1 is 0.284 bits per heavy atom. The predicted molar refractivity (Wildman–Crippen MR) is 417 cm³/mol. The molecule has 0 fully saturated rings. The highest BCUT2D eigenvalue weighted by molar-refractivity contribution is 7.47. The van der Waals surface area contributed by atoms with Gasteiger partial charge >= 0.3 is 39.5 Å². The Morgan fingerprint density at radius 3 is 0.873 bits per heavy atom. The number of aliphatic hydroxyl groups is 1. The average molecular weight is 1470 g/mol. The molecule has 3 N–H and O–H groups in total. The largest absolute Gasteiger partial charge is 0.472 e. The number of rotatable bonds is 70. The number of allylic oxidation sites excluding steroid dienone is 28. The van der Waals surface area contributed by atoms with Gasteiger partial charge in [-0.05, 0) is 161 Å². The third kappa shape index (κ3) is 72.8. The van der Waals surface area contributed by atoms with Crippen molar-refractivity contribution in [3.63, 3.8) is 0 Å². The molecule has 0 saturated heterocycles. The van der Waals surface area contributed by atoms with Crippen molar-refractivity contribution in [2.45, 2.75) is 290 Å². The van der Waals surface area contributed by atoms with Crippen molar-refractivity contribution in [3.8, 4) is 0 Å². The fourth-order valence-corrected chi connectivity index (χ4v) is 11.0. The summed E-state index contributed by atoms with van der Waals surface area (Å²) in [6.07, 6.45) is 86.5. The van der Waals surface area contributed by atoms with Gasteiger partial charge in [0.25, 0.3) is 0 Å². The zero-order valence-electron chi connectivity index (χ0n) is 63.0. The summed E-state index contributed by atoms with van der Waals surface area (Å²) < 4.78 is 68.3. The van der Waals surface area contributed by atoms with Crippen LogP contribution in [0.15, 0.2) is 170 Å². The zero-order valence-corrected chi connectivity index (χ0v) is 64.8. The maximum Gasteiger partial charge on any atom is 0.472 e. The van der Waals surface area contributed by atoms with Gasteiger partial charge in [0.15, 0.2) is 12.2 Å². The second-order valence-electron chi connectivity index (χ2n) is 24.8. The van der Waals surface area contributed by atoms with Gasteiger partial charge in [-0.3, -0.25) is 37.3 Å². The molecule has 0 aliphatic carbocycles. The number of hydrogen-bond donors (Lipinski definition) is 3. The van der Waals surface area contributed by atoms with Gasteiger partial charge in [-0.25, -0.2) is 9.13 Å². The number of carbonyl (C=O) groups excluding carboxylic acids is 4. The monoisotopic (exact) mass is 1460 g/mol. The van der Waals surface area contributed by atoms with Gasteiger partial charge in [-0.1, -0.05) is 256 Å². The second kappa shape index (κ2) is 73.7. The predicted octanol–water partition coefficient (Wildman–Crippen LogP) is 22.2. The van der Waals surface area contributed by atoms with Crippen LogP contribution in [0.5, 0.6) is 0 Å². The molecule has 0 aromatic heterocycles. The van der Waals surface area contributed by atoms with Crippen molar-refractivity contribution in [1.82, 2.24) is 0 Å². The maximum absolute atomic E-state index is 13.1. The summed E-state index contributed by atoms with van der Waals surface area (Å²) in [7, 11) is -10.0. The smallest absolute Gasteiger partial charge is 0.462 e. The van der Waals surface area contributed by atoms with E-state index in [-0.39, 0.29) is 25.7 Å². The first-order chi connectivity index (χ1) is 49.7. The molecular formula is C83H134O17P2. The summed E-state index contributed by atoms with van der Waals surface area (Å²) in [6, 6.07) is 0. The van der Waals surface area contributed by atoms with Crippen LogP contribution in [-0.2, 0) is 65.4 Å². The molecular weight excluding hydrogens is 1330 g/mol. The third-order valence-electron chi connectivity index (χ3n) is 15.2. The van der Waals surface area contributed by atoms with Gasteiger partial charge < -0.3 is 33.8 Å². The first-order valence-corrected chi connectivity index (χ1v) is 41.4. The topological polar surface area (TPSA) is 237 Å². The Hall–Kier alpha value is -5.58. The molecule has 19 heteroatoms. The van der Waals surface area contributed by atoms with Crippen LogP contribution in [0.4, 0.5) is 0 Å². The minimum atomic E-state index is -5.00. The maximum atomic E-state index is 13.1. The summed E-state index contributed by atoms with van der Waals surface area (Å²) in [5, 5.41) is 10.6. The number of unbranched alkanes of at least 4 members (excludes halogenated alkanes) is 16. The van der Waals surface area contributed by atoms with Crippen molar-refractivity contribution >= 4 is 39.5 Å². The Labute approximate surface area is 616 Å². The van der Waals surface area contributed by atoms with Crippen LogP contribution < -0.4 is 0 Å². The number of aliphatic hydroxyl groups excluding tert-OH is 1. The fourth-order valence-electron chi connectivity index (χ4n) is 9.42. The highest BCUT2D eigenvalue weighted by Gasteiger charge is 2.30. The fraction of sp³-hybridized carbons (Fsp3) is 0.614. The Bertz CT molecular complexity index is 2600. The van der Waals surface area contributed by atoms with Crippen LogP contribution in [0, 0.1) is 0 Å². The lowest BCUT2D eigenvalue weighted by molar-refractivity contribution is -0.161. The molecule has 0 aromatic rings. The van der Waals surface area contributed by atoms with Crippen molar-refractivity contribution in [2.75, 3.05) is 39.6 Å². The van der Waals surface area contributed by atoms with Gasteiger partial charge in [0.2, 0.25) is 0 Å². The van der Waals surface area contributed by atoms with E-state index in [2.05, 4.69) is 180 Å². The van der Waals surface area contributed by atoms with Crippen LogP contribution in [0.1, 0.15) is 272 Å². The van der Waals surface area contributed by atoms with E-state index < -0.39 is 97.5 Å². The van der Waals surface area contributed by atoms with Gasteiger partial charge in [0, 0.05) is 25.7 Å². The van der Waals surface area contributed by atoms with Crippen LogP contribution in [-0.4, -0.2) is 96.7 Å². The van der Waals surface area contributed by atoms with E-state index in [1.165, 1.54) is 25.7 Å². The van der Waals surface area contributed by atoms with E-state index >= 15 is 0 Å². The molecule has 17 nitrogen and oxygen atoms in total. The van der Waals surface area contributed by atoms with Crippen molar-refractivity contribution in [3.05, 3.63) is 170 Å². The van der Waals surface area contributed by atoms with E-state index in [1.807, 2.05) is 18.2 Å². The van der Waals surface area contributed by atoms with E-state index in [9.17, 15) is 43.2 Å². The minimum Gasteiger partial charge on any atom is -0.462 e. The van der Waals surface area contributed by atoms with Gasteiger partial charge in [0.1, 0.15) is 19.3 Å². The molecule has 0 saturated carbocycles. The number of hydrogen-bond acceptors (Lipinski definition) is 15. The molecule has 578 valence electrons. The molecule has 5 unspecified atom stereocenters. The lowest BCUT2D eigenvalue weighted by atomic mass is 10.1. The molecule has 0 rings (SSSR count). The lowest BCUT2D eigenvalue weighted by Gasteiger charge is -2.21. The summed E-state index contributed by atoms with van der Waals surface area (Å²) in [5.41, 5.74) is 0. The van der Waals surface area contributed by atoms with Crippen LogP contribution in [0.2, 0.25) is 0 Å². The standard InChI is InChI=1S/C83H134O17P2/c1-5-9-13-17-21-25-29-33-36-37-38-39-42-45-48-52-56-60-64-68-81(86)94-73-78(99-82(87)69-65-61-57-53-49-43-32-28-24-20-16-12-8-4)75-97-101(89,90)95-71-77(84)72-96-102(91,92)98-76-79(100-83(88)70-66-62-58-54-50-46-41-35-31-27-23-19-15-11-7-3)74-93-80(85)67-63-59-55-51-47-44-40-34-30-26-22-18-14-10-6-2/h9-11,13-15,21-23,25-28,32-36,38-41,45,47-48,51,56,60,77-79,84H,5-8,12,16-20,24,29-31,37,42-44,46,49-50,52-55,57-59,61-76H2,1-4H3,(H,89,90)(H,91,92)/b13-9-,14-10-,15-11-,25-21-,26-22-,27-23-,32-28-,36-33-,39-38-,40-34-,41-35-,48-45-,51-47-,60-56-. The SMILES string of the molecule is CC/C=C\C/C=C\C/C=C\C/C=C\C/C=C\C/C=C\CCC(=O)OCC(COP(=O)(O)OCC(O)COP(=O)(O)OCC(COC(=O)CCCC/C=C\C/C=C\C/C=C\C/C=C\CC)OC(=O)CCCCCCC/C=C\C/C=C\C/C=C\CC)OC(=O)CCCCCCC/C=C\CCCCCC. The first kappa shape index (κ1) is 96.4. The lowest BCUT2D eigenvalue weighted by Crippen LogP contribution is -2.30. The highest BCUT2D eigenvalue weighted by Crippen LogP contribution is 2.45. The van der Waals surface area contributed by atoms with E-state index in [0.29, 0.717) is 32.1 Å². The van der Waals surface area contributed by atoms with Crippen molar-refractivity contribution < 1.29 is 80.2 Å². The summed E-state index contributed by atoms with van der Waals surface area (Å²) in [5.74, 6) is -2.36. The number of phosphoric acid groups is 2. The number of esters is 4. The summed E-state index contributed by atoms with van der Waals surface area (Å²) in [4.78, 5) is 72.9. The Morgan fingerprint density at radius 2 is 0.529 bits per heavy atom. The Balaban J connectivity index is 5.48. The Kier molecular flexibility index (Phi) is 69.7. The molecule has 0 bridgehead atoms. The number of ether oxygens (including phenoxy) is 4. The molecule has 0 heterocycles. The molecule has 102 heavy (non-hydrogen) atoms. The van der Waals surface area contributed by atoms with E-state index in [1.54, 1.807) is 0 Å². The molecule has 0 aliphatic heterocycles. The molecule has 0 aromatic carbocycles. The number of phosphoric ester groups is 2. The summed E-state index contributed by atoms with van der Waals surface area (Å²) in [6.45, 7) is 4.32. The zero-order chi connectivity index (χ0) is 74.6.